The van der Waals surface area contributed by atoms with Crippen molar-refractivity contribution in [3.05, 3.63) is 58.3 Å². The van der Waals surface area contributed by atoms with E-state index in [1.54, 1.807) is 38.2 Å². The van der Waals surface area contributed by atoms with Gasteiger partial charge in [0.15, 0.2) is 12.6 Å². The van der Waals surface area contributed by atoms with Gasteiger partial charge in [-0.25, -0.2) is 4.39 Å². The van der Waals surface area contributed by atoms with Crippen LogP contribution in [0.15, 0.2) is 42.5 Å². The van der Waals surface area contributed by atoms with E-state index in [9.17, 15) is 14.0 Å². The van der Waals surface area contributed by atoms with E-state index in [-0.39, 0.29) is 23.4 Å². The van der Waals surface area contributed by atoms with Crippen molar-refractivity contribution < 1.29 is 18.9 Å². The summed E-state index contributed by atoms with van der Waals surface area (Å²) < 4.78 is 13.1. The predicted molar refractivity (Wildman–Crippen MR) is 101 cm³/mol. The molecule has 2 amide bonds. The molecule has 0 aromatic heterocycles. The summed E-state index contributed by atoms with van der Waals surface area (Å²) in [6, 6.07) is 9.95. The van der Waals surface area contributed by atoms with Gasteiger partial charge in [-0.15, -0.1) is 0 Å². The van der Waals surface area contributed by atoms with Crippen LogP contribution in [-0.2, 0) is 9.59 Å². The van der Waals surface area contributed by atoms with Gasteiger partial charge < -0.3 is 15.5 Å². The molecule has 0 spiro atoms. The molecule has 0 heterocycles. The fourth-order valence-corrected chi connectivity index (χ4v) is 2.54. The minimum absolute atomic E-state index is 0.0916. The molecular weight excluding hydrogens is 380 g/mol. The van der Waals surface area contributed by atoms with E-state index in [2.05, 4.69) is 10.6 Å². The molecule has 0 fully saturated rings. The molecule has 1 unspecified atom stereocenters. The number of hydrogen-bond donors (Lipinski definition) is 3. The van der Waals surface area contributed by atoms with Crippen LogP contribution in [0.1, 0.15) is 6.92 Å². The second-order valence-corrected chi connectivity index (χ2v) is 6.76. The Morgan fingerprint density at radius 1 is 1.12 bits per heavy atom. The van der Waals surface area contributed by atoms with Gasteiger partial charge in [-0.3, -0.25) is 9.59 Å². The summed E-state index contributed by atoms with van der Waals surface area (Å²) in [7, 11) is 1.73. The van der Waals surface area contributed by atoms with Gasteiger partial charge in [0, 0.05) is 10.7 Å². The average molecular weight is 399 g/mol. The normalized spacial score (nSPS) is 13.0. The summed E-state index contributed by atoms with van der Waals surface area (Å²) in [6.45, 7) is 1.78. The standard InChI is InChI=1S/C18H18Cl2FN3O2/c1-11(18(26)23-16-8-5-13(21)9-15(16)20)24(2)10-17(25)22-14-6-3-12(19)4-7-14/h3-9,11H,10H2,1-2H3,(H,22,25)(H,23,26)/p+1/t11-/m0/s1. The van der Waals surface area contributed by atoms with Crippen LogP contribution in [0, 0.1) is 5.82 Å². The van der Waals surface area contributed by atoms with Crippen LogP contribution >= 0.6 is 23.2 Å². The van der Waals surface area contributed by atoms with E-state index in [4.69, 9.17) is 23.2 Å². The average Bonchev–Trinajstić information content (AvgIpc) is 2.58. The summed E-state index contributed by atoms with van der Waals surface area (Å²) >= 11 is 11.7. The van der Waals surface area contributed by atoms with E-state index < -0.39 is 11.9 Å². The van der Waals surface area contributed by atoms with Crippen LogP contribution in [0.5, 0.6) is 0 Å². The van der Waals surface area contributed by atoms with Crippen LogP contribution in [0.3, 0.4) is 0 Å². The Kier molecular flexibility index (Phi) is 6.97. The maximum atomic E-state index is 13.1. The molecular formula is C18H19Cl2FN3O2+. The molecule has 0 saturated carbocycles. The van der Waals surface area contributed by atoms with Crippen molar-refractivity contribution in [1.82, 2.24) is 0 Å². The number of hydrogen-bond acceptors (Lipinski definition) is 2. The fraction of sp³-hybridized carbons (Fsp3) is 0.222. The highest BCUT2D eigenvalue weighted by Crippen LogP contribution is 2.22. The Morgan fingerprint density at radius 3 is 2.38 bits per heavy atom. The monoisotopic (exact) mass is 398 g/mol. The molecule has 2 aromatic carbocycles. The third-order valence-electron chi connectivity index (χ3n) is 3.89. The SMILES string of the molecule is C[C@@H](C(=O)Nc1ccc(F)cc1Cl)[NH+](C)CC(=O)Nc1ccc(Cl)cc1. The number of nitrogens with one attached hydrogen (secondary N) is 3. The minimum Gasteiger partial charge on any atom is -0.321 e. The molecule has 0 saturated heterocycles. The van der Waals surface area contributed by atoms with Gasteiger partial charge in [0.1, 0.15) is 5.82 Å². The first-order chi connectivity index (χ1) is 12.3. The minimum atomic E-state index is -0.521. The largest absolute Gasteiger partial charge is 0.321 e. The molecule has 0 aliphatic rings. The number of anilines is 2. The Hall–Kier alpha value is -2.15. The van der Waals surface area contributed by atoms with Crippen molar-refractivity contribution >= 4 is 46.4 Å². The highest BCUT2D eigenvalue weighted by Gasteiger charge is 2.24. The van der Waals surface area contributed by atoms with Crippen LogP contribution < -0.4 is 15.5 Å². The summed E-state index contributed by atoms with van der Waals surface area (Å²) in [4.78, 5) is 25.2. The lowest BCUT2D eigenvalue weighted by atomic mass is 10.2. The lowest BCUT2D eigenvalue weighted by Crippen LogP contribution is -3.14. The molecule has 26 heavy (non-hydrogen) atoms. The zero-order valence-electron chi connectivity index (χ0n) is 14.3. The van der Waals surface area contributed by atoms with Crippen molar-refractivity contribution in [3.8, 4) is 0 Å². The van der Waals surface area contributed by atoms with Crippen molar-refractivity contribution in [1.29, 1.82) is 0 Å². The zero-order chi connectivity index (χ0) is 19.3. The van der Waals surface area contributed by atoms with Crippen molar-refractivity contribution in [3.63, 3.8) is 0 Å². The second-order valence-electron chi connectivity index (χ2n) is 5.91. The number of halogens is 3. The number of rotatable bonds is 6. The summed E-state index contributed by atoms with van der Waals surface area (Å²) in [5.74, 6) is -1.04. The van der Waals surface area contributed by atoms with E-state index in [1.165, 1.54) is 12.1 Å². The number of likely N-dealkylation sites (N-methyl/N-ethyl adjacent to an activating group) is 1. The third kappa shape index (κ3) is 5.69. The van der Waals surface area contributed by atoms with E-state index in [0.717, 1.165) is 6.07 Å². The number of benzene rings is 2. The molecule has 8 heteroatoms. The van der Waals surface area contributed by atoms with Gasteiger partial charge in [-0.2, -0.15) is 0 Å². The first kappa shape index (κ1) is 20.2. The highest BCUT2D eigenvalue weighted by molar-refractivity contribution is 6.33. The van der Waals surface area contributed by atoms with Crippen molar-refractivity contribution in [2.45, 2.75) is 13.0 Å². The molecule has 138 valence electrons. The van der Waals surface area contributed by atoms with Gasteiger partial charge in [0.25, 0.3) is 11.8 Å². The smallest absolute Gasteiger partial charge is 0.282 e. The maximum Gasteiger partial charge on any atom is 0.282 e. The van der Waals surface area contributed by atoms with Gasteiger partial charge in [0.05, 0.1) is 17.8 Å². The lowest BCUT2D eigenvalue weighted by molar-refractivity contribution is -0.885. The fourth-order valence-electron chi connectivity index (χ4n) is 2.20. The predicted octanol–water partition coefficient (Wildman–Crippen LogP) is 2.61. The topological polar surface area (TPSA) is 62.6 Å². The van der Waals surface area contributed by atoms with Crippen LogP contribution in [-0.4, -0.2) is 31.4 Å². The summed E-state index contributed by atoms with van der Waals surface area (Å²) in [5, 5.41) is 6.08. The van der Waals surface area contributed by atoms with Crippen LogP contribution in [0.4, 0.5) is 15.8 Å². The van der Waals surface area contributed by atoms with Crippen LogP contribution in [0.25, 0.3) is 0 Å². The molecule has 0 aliphatic carbocycles. The van der Waals surface area contributed by atoms with E-state index in [0.29, 0.717) is 21.3 Å². The van der Waals surface area contributed by atoms with Gasteiger partial charge in [-0.1, -0.05) is 23.2 Å². The summed E-state index contributed by atoms with van der Waals surface area (Å²) in [6.07, 6.45) is 0. The van der Waals surface area contributed by atoms with Crippen molar-refractivity contribution in [2.24, 2.45) is 0 Å². The Balaban J connectivity index is 1.90. The Morgan fingerprint density at radius 2 is 1.77 bits per heavy atom. The Labute approximate surface area is 161 Å². The van der Waals surface area contributed by atoms with Crippen LogP contribution in [0.2, 0.25) is 10.0 Å². The molecule has 0 radical (unpaired) electrons. The molecule has 2 rings (SSSR count). The number of quaternary nitrogens is 1. The molecule has 5 nitrogen and oxygen atoms in total. The Bertz CT molecular complexity index is 800. The number of amides is 2. The lowest BCUT2D eigenvalue weighted by Gasteiger charge is -2.21. The number of carbonyl (C=O) groups excluding carboxylic acids is 2. The molecule has 0 aliphatic heterocycles. The third-order valence-corrected chi connectivity index (χ3v) is 4.45. The molecule has 3 N–H and O–H groups in total. The summed E-state index contributed by atoms with van der Waals surface area (Å²) in [5.41, 5.74) is 0.950. The quantitative estimate of drug-likeness (QED) is 0.700. The first-order valence-electron chi connectivity index (χ1n) is 7.90. The maximum absolute atomic E-state index is 13.1. The van der Waals surface area contributed by atoms with E-state index >= 15 is 0 Å². The van der Waals surface area contributed by atoms with E-state index in [1.807, 2.05) is 0 Å². The van der Waals surface area contributed by atoms with Gasteiger partial charge in [-0.05, 0) is 49.4 Å². The van der Waals surface area contributed by atoms with Crippen molar-refractivity contribution in [2.75, 3.05) is 24.2 Å². The van der Waals surface area contributed by atoms with Gasteiger partial charge in [0.2, 0.25) is 0 Å². The molecule has 0 bridgehead atoms. The first-order valence-corrected chi connectivity index (χ1v) is 8.65. The number of carbonyl (C=O) groups is 2. The van der Waals surface area contributed by atoms with Gasteiger partial charge >= 0.3 is 0 Å². The molecule has 2 aromatic rings. The zero-order valence-corrected chi connectivity index (χ0v) is 15.8. The molecule has 2 atom stereocenters. The highest BCUT2D eigenvalue weighted by atomic mass is 35.5. The second kappa shape index (κ2) is 8.98.